The highest BCUT2D eigenvalue weighted by Gasteiger charge is 2.15. The number of ether oxygens (including phenoxy) is 2. The molecule has 0 aromatic heterocycles. The number of hydrogen-bond acceptors (Lipinski definition) is 6. The molecule has 9 nitrogen and oxygen atoms in total. The molecule has 0 bridgehead atoms. The fourth-order valence-electron chi connectivity index (χ4n) is 2.60. The largest absolute Gasteiger partial charge is 0.490 e. The molecule has 0 aliphatic carbocycles. The smallest absolute Gasteiger partial charge is 0.242 e. The molecule has 0 fully saturated rings. The fraction of sp³-hybridized carbons (Fsp3) is 0.600. The molecule has 3 N–H and O–H groups in total. The average Bonchev–Trinajstić information content (AvgIpc) is 2.89. The highest BCUT2D eigenvalue weighted by molar-refractivity contribution is 7.91. The molecular weight excluding hydrogens is 408 g/mol. The van der Waals surface area contributed by atoms with Gasteiger partial charge in [-0.05, 0) is 32.9 Å². The number of anilines is 1. The van der Waals surface area contributed by atoms with Gasteiger partial charge in [-0.25, -0.2) is 13.4 Å². The summed E-state index contributed by atoms with van der Waals surface area (Å²) in [4.78, 5) is 16.4. The molecule has 0 atom stereocenters. The van der Waals surface area contributed by atoms with E-state index in [2.05, 4.69) is 20.9 Å². The molecule has 0 radical (unpaired) electrons. The van der Waals surface area contributed by atoms with Gasteiger partial charge in [0.05, 0.1) is 19.0 Å². The molecule has 0 saturated heterocycles. The predicted molar refractivity (Wildman–Crippen MR) is 118 cm³/mol. The Morgan fingerprint density at radius 1 is 1.17 bits per heavy atom. The molecule has 0 spiro atoms. The molecule has 30 heavy (non-hydrogen) atoms. The zero-order chi connectivity index (χ0) is 22.2. The molecular formula is C20H32N4O5S. The number of rotatable bonds is 7. The lowest BCUT2D eigenvalue weighted by molar-refractivity contribution is -0.121. The van der Waals surface area contributed by atoms with Crippen molar-refractivity contribution in [2.24, 2.45) is 4.99 Å². The fourth-order valence-corrected chi connectivity index (χ4v) is 3.30. The Balaban J connectivity index is 2.10. The van der Waals surface area contributed by atoms with E-state index in [0.29, 0.717) is 36.4 Å². The minimum Gasteiger partial charge on any atom is -0.490 e. The van der Waals surface area contributed by atoms with Crippen LogP contribution in [0.15, 0.2) is 23.2 Å². The van der Waals surface area contributed by atoms with Crippen molar-refractivity contribution in [2.75, 3.05) is 43.1 Å². The topological polar surface area (TPSA) is 118 Å². The SMILES string of the molecule is CCS(=O)(=O)CCNC(=NCC(=O)NC(C)(C)C)Nc1ccc2c(c1)OCCCO2. The highest BCUT2D eigenvalue weighted by Crippen LogP contribution is 2.32. The second kappa shape index (κ2) is 10.5. The Labute approximate surface area is 178 Å². The monoisotopic (exact) mass is 440 g/mol. The summed E-state index contributed by atoms with van der Waals surface area (Å²) in [5, 5.41) is 8.92. The summed E-state index contributed by atoms with van der Waals surface area (Å²) >= 11 is 0. The maximum atomic E-state index is 12.1. The molecule has 1 aliphatic rings. The summed E-state index contributed by atoms with van der Waals surface area (Å²) in [7, 11) is -3.12. The van der Waals surface area contributed by atoms with Crippen LogP contribution in [0.4, 0.5) is 5.69 Å². The first-order valence-electron chi connectivity index (χ1n) is 10.0. The van der Waals surface area contributed by atoms with Crippen molar-refractivity contribution in [1.29, 1.82) is 0 Å². The first-order valence-corrected chi connectivity index (χ1v) is 11.9. The zero-order valence-electron chi connectivity index (χ0n) is 18.1. The van der Waals surface area contributed by atoms with Crippen LogP contribution >= 0.6 is 0 Å². The van der Waals surface area contributed by atoms with Crippen molar-refractivity contribution in [1.82, 2.24) is 10.6 Å². The van der Waals surface area contributed by atoms with E-state index in [9.17, 15) is 13.2 Å². The van der Waals surface area contributed by atoms with Crippen LogP contribution < -0.4 is 25.4 Å². The lowest BCUT2D eigenvalue weighted by Crippen LogP contribution is -2.42. The van der Waals surface area contributed by atoms with Gasteiger partial charge in [-0.3, -0.25) is 4.79 Å². The maximum absolute atomic E-state index is 12.1. The number of guanidine groups is 1. The van der Waals surface area contributed by atoms with Crippen LogP contribution in [-0.2, 0) is 14.6 Å². The second-order valence-electron chi connectivity index (χ2n) is 7.96. The van der Waals surface area contributed by atoms with Crippen LogP contribution in [0.25, 0.3) is 0 Å². The van der Waals surface area contributed by atoms with E-state index >= 15 is 0 Å². The Hall–Kier alpha value is -2.49. The number of benzene rings is 1. The van der Waals surface area contributed by atoms with E-state index in [1.54, 1.807) is 19.1 Å². The Bertz CT molecular complexity index is 862. The maximum Gasteiger partial charge on any atom is 0.242 e. The minimum absolute atomic E-state index is 0.0282. The van der Waals surface area contributed by atoms with Gasteiger partial charge in [0, 0.05) is 36.0 Å². The summed E-state index contributed by atoms with van der Waals surface area (Å²) < 4.78 is 34.8. The van der Waals surface area contributed by atoms with E-state index in [1.807, 2.05) is 26.8 Å². The number of nitrogens with zero attached hydrogens (tertiary/aromatic N) is 1. The first kappa shape index (κ1) is 23.8. The number of fused-ring (bicyclic) bond motifs is 1. The molecule has 1 aliphatic heterocycles. The normalized spacial score (nSPS) is 14.6. The lowest BCUT2D eigenvalue weighted by atomic mass is 10.1. The minimum atomic E-state index is -3.12. The average molecular weight is 441 g/mol. The molecule has 168 valence electrons. The molecule has 1 aromatic rings. The van der Waals surface area contributed by atoms with Crippen molar-refractivity contribution in [2.45, 2.75) is 39.7 Å². The van der Waals surface area contributed by atoms with E-state index < -0.39 is 9.84 Å². The molecule has 2 rings (SSSR count). The third-order valence-electron chi connectivity index (χ3n) is 4.05. The molecule has 1 heterocycles. The number of aliphatic imine (C=N–C) groups is 1. The molecule has 0 saturated carbocycles. The van der Waals surface area contributed by atoms with E-state index in [1.165, 1.54) is 0 Å². The lowest BCUT2D eigenvalue weighted by Gasteiger charge is -2.20. The van der Waals surface area contributed by atoms with Crippen molar-refractivity contribution in [3.63, 3.8) is 0 Å². The van der Waals surface area contributed by atoms with Gasteiger partial charge < -0.3 is 25.4 Å². The standard InChI is InChI=1S/C20H32N4O5S/c1-5-30(26,27)12-9-21-19(22-14-18(25)24-20(2,3)4)23-15-7-8-16-17(13-15)29-11-6-10-28-16/h7-8,13H,5-6,9-12,14H2,1-4H3,(H,24,25)(H2,21,22,23). The van der Waals surface area contributed by atoms with Crippen LogP contribution in [0.1, 0.15) is 34.1 Å². The van der Waals surface area contributed by atoms with E-state index in [-0.39, 0.29) is 36.0 Å². The van der Waals surface area contributed by atoms with Gasteiger partial charge in [-0.15, -0.1) is 0 Å². The summed E-state index contributed by atoms with van der Waals surface area (Å²) in [5.41, 5.74) is 0.317. The Morgan fingerprint density at radius 2 is 1.87 bits per heavy atom. The zero-order valence-corrected chi connectivity index (χ0v) is 18.9. The van der Waals surface area contributed by atoms with Crippen LogP contribution in [-0.4, -0.2) is 63.6 Å². The number of sulfone groups is 1. The molecule has 1 aromatic carbocycles. The van der Waals surface area contributed by atoms with Crippen LogP contribution in [0, 0.1) is 0 Å². The van der Waals surface area contributed by atoms with Gasteiger partial charge in [0.1, 0.15) is 6.54 Å². The van der Waals surface area contributed by atoms with Crippen LogP contribution in [0.5, 0.6) is 11.5 Å². The van der Waals surface area contributed by atoms with E-state index in [4.69, 9.17) is 9.47 Å². The number of carbonyl (C=O) groups is 1. The number of amides is 1. The van der Waals surface area contributed by atoms with Gasteiger partial charge >= 0.3 is 0 Å². The third-order valence-corrected chi connectivity index (χ3v) is 5.76. The summed E-state index contributed by atoms with van der Waals surface area (Å²) in [5.74, 6) is 1.41. The van der Waals surface area contributed by atoms with Gasteiger partial charge in [0.15, 0.2) is 27.3 Å². The predicted octanol–water partition coefficient (Wildman–Crippen LogP) is 1.55. The Kier molecular flexibility index (Phi) is 8.33. The summed E-state index contributed by atoms with van der Waals surface area (Å²) in [6.45, 7) is 8.51. The van der Waals surface area contributed by atoms with Crippen molar-refractivity contribution < 1.29 is 22.7 Å². The Morgan fingerprint density at radius 3 is 2.53 bits per heavy atom. The molecule has 10 heteroatoms. The number of hydrogen-bond donors (Lipinski definition) is 3. The summed E-state index contributed by atoms with van der Waals surface area (Å²) in [6.07, 6.45) is 0.806. The van der Waals surface area contributed by atoms with Crippen LogP contribution in [0.3, 0.4) is 0 Å². The van der Waals surface area contributed by atoms with Gasteiger partial charge in [-0.1, -0.05) is 6.92 Å². The van der Waals surface area contributed by atoms with Crippen LogP contribution in [0.2, 0.25) is 0 Å². The van der Waals surface area contributed by atoms with Crippen molar-refractivity contribution in [3.05, 3.63) is 18.2 Å². The van der Waals surface area contributed by atoms with Crippen molar-refractivity contribution in [3.8, 4) is 11.5 Å². The molecule has 1 amide bonds. The summed E-state index contributed by atoms with van der Waals surface area (Å²) in [6, 6.07) is 5.40. The van der Waals surface area contributed by atoms with Gasteiger partial charge in [0.25, 0.3) is 0 Å². The first-order chi connectivity index (χ1) is 14.1. The highest BCUT2D eigenvalue weighted by atomic mass is 32.2. The van der Waals surface area contributed by atoms with E-state index in [0.717, 1.165) is 6.42 Å². The third kappa shape index (κ3) is 8.48. The molecule has 0 unspecified atom stereocenters. The van der Waals surface area contributed by atoms with Gasteiger partial charge in [0.2, 0.25) is 5.91 Å². The number of carbonyl (C=O) groups excluding carboxylic acids is 1. The van der Waals surface area contributed by atoms with Gasteiger partial charge in [-0.2, -0.15) is 0 Å². The second-order valence-corrected chi connectivity index (χ2v) is 10.4. The van der Waals surface area contributed by atoms with Crippen molar-refractivity contribution >= 4 is 27.4 Å². The number of nitrogens with one attached hydrogen (secondary N) is 3. The quantitative estimate of drug-likeness (QED) is 0.435.